The minimum Gasteiger partial charge on any atom is -0.384 e. The van der Waals surface area contributed by atoms with Gasteiger partial charge in [-0.1, -0.05) is 0 Å². The smallest absolute Gasteiger partial charge is 0.136 e. The summed E-state index contributed by atoms with van der Waals surface area (Å²) in [5.41, 5.74) is 10.1. The van der Waals surface area contributed by atoms with E-state index in [1.807, 2.05) is 39.8 Å². The van der Waals surface area contributed by atoms with Gasteiger partial charge in [0.25, 0.3) is 0 Å². The molecule has 2 heterocycles. The molecule has 0 aliphatic carbocycles. The summed E-state index contributed by atoms with van der Waals surface area (Å²) in [6, 6.07) is 4.00. The molecule has 0 radical (unpaired) electrons. The number of hydrogen-bond acceptors (Lipinski definition) is 5. The first-order valence-corrected chi connectivity index (χ1v) is 7.01. The number of nitrogens with one attached hydrogen (secondary N) is 1. The van der Waals surface area contributed by atoms with Crippen LogP contribution in [0.15, 0.2) is 22.2 Å². The molecule has 5 nitrogen and oxygen atoms in total. The van der Waals surface area contributed by atoms with Gasteiger partial charge in [0.2, 0.25) is 0 Å². The Hall–Kier alpha value is -1.95. The van der Waals surface area contributed by atoms with E-state index in [2.05, 4.69) is 15.2 Å². The molecular weight excluding hydrogens is 270 g/mol. The van der Waals surface area contributed by atoms with Crippen molar-refractivity contribution in [2.75, 3.05) is 0 Å². The molecule has 2 rings (SSSR count). The number of rotatable bonds is 3. The van der Waals surface area contributed by atoms with Gasteiger partial charge in [-0.05, 0) is 62.7 Å². The highest BCUT2D eigenvalue weighted by atomic mass is 32.2. The summed E-state index contributed by atoms with van der Waals surface area (Å²) >= 11 is 1.39. The number of nitrogens with two attached hydrogens (primary N) is 1. The molecule has 0 aliphatic rings. The molecule has 0 amide bonds. The van der Waals surface area contributed by atoms with Crippen molar-refractivity contribution >= 4 is 17.6 Å². The normalized spacial score (nSPS) is 10.6. The Balaban J connectivity index is 2.48. The lowest BCUT2D eigenvalue weighted by atomic mass is 10.1. The minimum atomic E-state index is 0.00683. The van der Waals surface area contributed by atoms with Crippen LogP contribution in [0.1, 0.15) is 28.1 Å². The zero-order valence-corrected chi connectivity index (χ0v) is 12.8. The van der Waals surface area contributed by atoms with Crippen LogP contribution in [-0.2, 0) is 0 Å². The highest BCUT2D eigenvalue weighted by molar-refractivity contribution is 7.99. The van der Waals surface area contributed by atoms with Crippen molar-refractivity contribution in [2.24, 2.45) is 5.73 Å². The van der Waals surface area contributed by atoms with Crippen LogP contribution in [0.3, 0.4) is 0 Å². The molecule has 20 heavy (non-hydrogen) atoms. The van der Waals surface area contributed by atoms with Gasteiger partial charge >= 0.3 is 0 Å². The fourth-order valence-corrected chi connectivity index (χ4v) is 3.01. The molecule has 2 aromatic heterocycles. The topological polar surface area (TPSA) is 88.5 Å². The quantitative estimate of drug-likeness (QED) is 0.669. The highest BCUT2D eigenvalue weighted by Crippen LogP contribution is 2.29. The Bertz CT molecular complexity index is 661. The number of nitrogens with zero attached hydrogens (tertiary/aromatic N) is 3. The number of pyridine rings is 1. The summed E-state index contributed by atoms with van der Waals surface area (Å²) in [7, 11) is 0. The molecule has 0 saturated carbocycles. The van der Waals surface area contributed by atoms with Crippen LogP contribution < -0.4 is 5.73 Å². The van der Waals surface area contributed by atoms with Crippen LogP contribution in [0.25, 0.3) is 0 Å². The molecule has 2 aromatic rings. The van der Waals surface area contributed by atoms with E-state index >= 15 is 0 Å². The summed E-state index contributed by atoms with van der Waals surface area (Å²) in [5.74, 6) is 0.00683. The maximum Gasteiger partial charge on any atom is 0.136 e. The standard InChI is InChI=1S/C14H17N5S/c1-7-5-8(2)17-11(6-7)20-14-12(13(15)16)9(3)10(4)18-19-14/h5-6H,1-4H3,(H3,15,16). The second kappa shape index (κ2) is 5.58. The monoisotopic (exact) mass is 287 g/mol. The van der Waals surface area contributed by atoms with Gasteiger partial charge in [-0.25, -0.2) is 4.98 Å². The Kier molecular flexibility index (Phi) is 4.04. The largest absolute Gasteiger partial charge is 0.384 e. The van der Waals surface area contributed by atoms with Crippen LogP contribution in [0.2, 0.25) is 0 Å². The van der Waals surface area contributed by atoms with Gasteiger partial charge in [0.15, 0.2) is 0 Å². The van der Waals surface area contributed by atoms with Crippen molar-refractivity contribution in [1.82, 2.24) is 15.2 Å². The summed E-state index contributed by atoms with van der Waals surface area (Å²) in [5, 5.41) is 17.5. The van der Waals surface area contributed by atoms with E-state index in [-0.39, 0.29) is 5.84 Å². The maximum atomic E-state index is 7.74. The molecule has 0 fully saturated rings. The lowest BCUT2D eigenvalue weighted by Gasteiger charge is -2.11. The number of nitrogen functional groups attached to an aromatic ring is 1. The van der Waals surface area contributed by atoms with Crippen molar-refractivity contribution < 1.29 is 0 Å². The predicted octanol–water partition coefficient (Wildman–Crippen LogP) is 2.54. The SMILES string of the molecule is Cc1cc(C)nc(Sc2nnc(C)c(C)c2C(=N)N)c1. The van der Waals surface area contributed by atoms with Crippen molar-refractivity contribution in [2.45, 2.75) is 37.7 Å². The third kappa shape index (κ3) is 2.96. The fraction of sp³-hybridized carbons (Fsp3) is 0.286. The maximum absolute atomic E-state index is 7.74. The fourth-order valence-electron chi connectivity index (χ4n) is 1.93. The molecule has 3 N–H and O–H groups in total. The van der Waals surface area contributed by atoms with Gasteiger partial charge in [-0.3, -0.25) is 5.41 Å². The highest BCUT2D eigenvalue weighted by Gasteiger charge is 2.15. The average molecular weight is 287 g/mol. The lowest BCUT2D eigenvalue weighted by Crippen LogP contribution is -2.16. The molecule has 0 aliphatic heterocycles. The zero-order valence-electron chi connectivity index (χ0n) is 12.0. The molecular formula is C14H17N5S. The molecule has 0 bridgehead atoms. The first-order valence-electron chi connectivity index (χ1n) is 6.20. The van der Waals surface area contributed by atoms with Crippen LogP contribution >= 0.6 is 11.8 Å². The van der Waals surface area contributed by atoms with E-state index in [0.717, 1.165) is 27.5 Å². The predicted molar refractivity (Wildman–Crippen MR) is 80.4 cm³/mol. The minimum absolute atomic E-state index is 0.00683. The lowest BCUT2D eigenvalue weighted by molar-refractivity contribution is 0.870. The van der Waals surface area contributed by atoms with Crippen molar-refractivity contribution in [3.63, 3.8) is 0 Å². The van der Waals surface area contributed by atoms with Crippen LogP contribution in [0.5, 0.6) is 0 Å². The van der Waals surface area contributed by atoms with Gasteiger partial charge in [0.05, 0.1) is 11.3 Å². The van der Waals surface area contributed by atoms with E-state index in [0.29, 0.717) is 10.6 Å². The summed E-state index contributed by atoms with van der Waals surface area (Å²) in [6.07, 6.45) is 0. The number of hydrogen-bond donors (Lipinski definition) is 2. The van der Waals surface area contributed by atoms with Gasteiger partial charge in [-0.15, -0.1) is 5.10 Å². The second-order valence-corrected chi connectivity index (χ2v) is 5.74. The molecule has 0 aromatic carbocycles. The molecule has 0 atom stereocenters. The Labute approximate surface area is 122 Å². The van der Waals surface area contributed by atoms with Gasteiger partial charge in [0, 0.05) is 5.69 Å². The third-order valence-electron chi connectivity index (χ3n) is 2.97. The van der Waals surface area contributed by atoms with E-state index in [9.17, 15) is 0 Å². The molecule has 0 spiro atoms. The van der Waals surface area contributed by atoms with Crippen LogP contribution in [0.4, 0.5) is 0 Å². The number of aromatic nitrogens is 3. The Morgan fingerprint density at radius 3 is 2.45 bits per heavy atom. The second-order valence-electron chi connectivity index (χ2n) is 4.73. The third-order valence-corrected chi connectivity index (χ3v) is 3.86. The van der Waals surface area contributed by atoms with Crippen LogP contribution in [-0.4, -0.2) is 21.0 Å². The van der Waals surface area contributed by atoms with E-state index in [4.69, 9.17) is 11.1 Å². The number of aryl methyl sites for hydroxylation is 3. The summed E-state index contributed by atoms with van der Waals surface area (Å²) < 4.78 is 0. The van der Waals surface area contributed by atoms with E-state index < -0.39 is 0 Å². The average Bonchev–Trinajstić information content (AvgIpc) is 2.32. The summed E-state index contributed by atoms with van der Waals surface area (Å²) in [4.78, 5) is 4.47. The van der Waals surface area contributed by atoms with Crippen molar-refractivity contribution in [3.8, 4) is 0 Å². The van der Waals surface area contributed by atoms with Gasteiger partial charge in [-0.2, -0.15) is 5.10 Å². The van der Waals surface area contributed by atoms with Gasteiger partial charge in [0.1, 0.15) is 15.9 Å². The Morgan fingerprint density at radius 1 is 1.15 bits per heavy atom. The molecule has 6 heteroatoms. The van der Waals surface area contributed by atoms with E-state index in [1.54, 1.807) is 0 Å². The molecule has 0 saturated heterocycles. The van der Waals surface area contributed by atoms with Crippen molar-refractivity contribution in [1.29, 1.82) is 5.41 Å². The molecule has 0 unspecified atom stereocenters. The first kappa shape index (κ1) is 14.5. The molecule has 104 valence electrons. The first-order chi connectivity index (χ1) is 9.38. The zero-order chi connectivity index (χ0) is 14.9. The van der Waals surface area contributed by atoms with Gasteiger partial charge < -0.3 is 5.73 Å². The Morgan fingerprint density at radius 2 is 1.85 bits per heavy atom. The number of amidine groups is 1. The van der Waals surface area contributed by atoms with E-state index in [1.165, 1.54) is 11.8 Å². The van der Waals surface area contributed by atoms with Crippen LogP contribution in [0, 0.1) is 33.1 Å². The summed E-state index contributed by atoms with van der Waals surface area (Å²) in [6.45, 7) is 7.74. The van der Waals surface area contributed by atoms with Crippen molar-refractivity contribution in [3.05, 3.63) is 40.2 Å².